The highest BCUT2D eigenvalue weighted by Crippen LogP contribution is 2.25. The zero-order valence-corrected chi connectivity index (χ0v) is 17.8. The number of aliphatic hydroxyl groups is 1. The Morgan fingerprint density at radius 3 is 2.34 bits per heavy atom. The first-order valence-corrected chi connectivity index (χ1v) is 10.0. The van der Waals surface area contributed by atoms with Crippen LogP contribution in [0, 0.1) is 11.7 Å². The van der Waals surface area contributed by atoms with E-state index in [-0.39, 0.29) is 28.9 Å². The molecule has 0 saturated heterocycles. The molecule has 1 N–H and O–H groups in total. The lowest BCUT2D eigenvalue weighted by Crippen LogP contribution is -2.33. The molecule has 0 radical (unpaired) electrons. The van der Waals surface area contributed by atoms with E-state index in [0.29, 0.717) is 5.56 Å². The molecule has 0 aliphatic carbocycles. The molecular weight excluding hydrogens is 421 g/mol. The third kappa shape index (κ3) is 5.13. The number of carbonyl (C=O) groups excluding carboxylic acids is 1. The van der Waals surface area contributed by atoms with E-state index in [1.807, 2.05) is 0 Å². The summed E-state index contributed by atoms with van der Waals surface area (Å²) >= 11 is 0. The molecule has 1 heterocycles. The summed E-state index contributed by atoms with van der Waals surface area (Å²) < 4.78 is 40.5. The number of alkyl halides is 2. The molecule has 5 nitrogen and oxygen atoms in total. The molecule has 1 aromatic heterocycles. The van der Waals surface area contributed by atoms with Crippen molar-refractivity contribution in [1.29, 1.82) is 0 Å². The topological polar surface area (TPSA) is 72.2 Å². The number of ketones is 1. The molecule has 0 spiro atoms. The Morgan fingerprint density at radius 1 is 1.12 bits per heavy atom. The third-order valence-corrected chi connectivity index (χ3v) is 5.42. The second-order valence-corrected chi connectivity index (χ2v) is 8.24. The highest BCUT2D eigenvalue weighted by molar-refractivity contribution is 5.96. The van der Waals surface area contributed by atoms with E-state index < -0.39 is 35.1 Å². The minimum Gasteiger partial charge on any atom is -0.390 e. The van der Waals surface area contributed by atoms with Gasteiger partial charge in [-0.3, -0.25) is 9.59 Å². The van der Waals surface area contributed by atoms with E-state index in [9.17, 15) is 27.9 Å². The fourth-order valence-corrected chi connectivity index (χ4v) is 3.06. The summed E-state index contributed by atoms with van der Waals surface area (Å²) in [5.74, 6) is -1.55. The van der Waals surface area contributed by atoms with Crippen molar-refractivity contribution in [1.82, 2.24) is 9.78 Å². The van der Waals surface area contributed by atoms with Crippen molar-refractivity contribution in [2.75, 3.05) is 0 Å². The van der Waals surface area contributed by atoms with Crippen LogP contribution in [-0.2, 0) is 0 Å². The minimum atomic E-state index is -2.64. The first-order valence-electron chi connectivity index (χ1n) is 10.0. The lowest BCUT2D eigenvalue weighted by atomic mass is 9.87. The summed E-state index contributed by atoms with van der Waals surface area (Å²) in [6, 6.07) is 11.8. The van der Waals surface area contributed by atoms with Gasteiger partial charge in [0.1, 0.15) is 5.82 Å². The second-order valence-electron chi connectivity index (χ2n) is 8.24. The molecule has 0 unspecified atom stereocenters. The number of hydrogen-bond acceptors (Lipinski definition) is 4. The number of aromatic nitrogens is 2. The monoisotopic (exact) mass is 444 g/mol. The van der Waals surface area contributed by atoms with Crippen LogP contribution in [0.5, 0.6) is 0 Å². The highest BCUT2D eigenvalue weighted by atomic mass is 19.3. The maximum Gasteiger partial charge on any atom is 0.282 e. The van der Waals surface area contributed by atoms with Gasteiger partial charge in [-0.05, 0) is 44.0 Å². The minimum absolute atomic E-state index is 0.102. The summed E-state index contributed by atoms with van der Waals surface area (Å²) in [7, 11) is 0. The van der Waals surface area contributed by atoms with Gasteiger partial charge in [-0.25, -0.2) is 13.2 Å². The first-order chi connectivity index (χ1) is 15.0. The Kier molecular flexibility index (Phi) is 6.64. The van der Waals surface area contributed by atoms with Crippen LogP contribution in [0.1, 0.15) is 49.5 Å². The van der Waals surface area contributed by atoms with Crippen molar-refractivity contribution in [3.63, 3.8) is 0 Å². The van der Waals surface area contributed by atoms with Crippen molar-refractivity contribution < 1.29 is 23.1 Å². The first kappa shape index (κ1) is 23.4. The van der Waals surface area contributed by atoms with Gasteiger partial charge in [-0.1, -0.05) is 37.3 Å². The predicted molar refractivity (Wildman–Crippen MR) is 115 cm³/mol. The van der Waals surface area contributed by atoms with Crippen LogP contribution in [0.15, 0.2) is 59.4 Å². The fourth-order valence-electron chi connectivity index (χ4n) is 3.06. The summed E-state index contributed by atoms with van der Waals surface area (Å²) in [5, 5.41) is 14.4. The molecular formula is C24H23F3N2O3. The SMILES string of the molecule is C[C@H](CC(=O)c1cc(-c2ccc(C(F)F)cc2)nn(-c2cccc(F)c2)c1=O)C(C)(C)O. The molecule has 1 atom stereocenters. The Bertz CT molecular complexity index is 1180. The summed E-state index contributed by atoms with van der Waals surface area (Å²) in [6.07, 6.45) is -2.74. The van der Waals surface area contributed by atoms with Gasteiger partial charge in [0.15, 0.2) is 5.78 Å². The number of Topliss-reactive ketones (excluding diaryl/α,β-unsaturated/α-hetero) is 1. The Hall–Kier alpha value is -3.26. The molecule has 168 valence electrons. The predicted octanol–water partition coefficient (Wildman–Crippen LogP) is 4.96. The fraction of sp³-hybridized carbons (Fsp3) is 0.292. The van der Waals surface area contributed by atoms with Crippen LogP contribution in [0.3, 0.4) is 0 Å². The van der Waals surface area contributed by atoms with E-state index in [1.54, 1.807) is 20.8 Å². The Morgan fingerprint density at radius 2 is 1.78 bits per heavy atom. The molecule has 3 aromatic rings. The summed E-state index contributed by atoms with van der Waals surface area (Å²) in [6.45, 7) is 4.82. The maximum atomic E-state index is 13.8. The van der Waals surface area contributed by atoms with E-state index in [2.05, 4.69) is 5.10 Å². The van der Waals surface area contributed by atoms with Crippen molar-refractivity contribution >= 4 is 5.78 Å². The largest absolute Gasteiger partial charge is 0.390 e. The van der Waals surface area contributed by atoms with E-state index in [0.717, 1.165) is 10.7 Å². The molecule has 0 aliphatic heterocycles. The molecule has 32 heavy (non-hydrogen) atoms. The molecule has 0 amide bonds. The van der Waals surface area contributed by atoms with Gasteiger partial charge in [0, 0.05) is 17.5 Å². The van der Waals surface area contributed by atoms with Crippen molar-refractivity contribution in [3.05, 3.63) is 81.9 Å². The highest BCUT2D eigenvalue weighted by Gasteiger charge is 2.27. The van der Waals surface area contributed by atoms with Gasteiger partial charge in [0.05, 0.1) is 22.5 Å². The van der Waals surface area contributed by atoms with Crippen LogP contribution in [-0.4, -0.2) is 26.3 Å². The molecule has 0 fully saturated rings. The molecule has 0 bridgehead atoms. The third-order valence-electron chi connectivity index (χ3n) is 5.42. The van der Waals surface area contributed by atoms with Gasteiger partial charge in [0.2, 0.25) is 0 Å². The van der Waals surface area contributed by atoms with E-state index in [4.69, 9.17) is 0 Å². The molecule has 8 heteroatoms. The molecule has 3 rings (SSSR count). The average Bonchev–Trinajstić information content (AvgIpc) is 2.73. The number of nitrogens with zero attached hydrogens (tertiary/aromatic N) is 2. The standard InChI is InChI=1S/C24H23F3N2O3/c1-14(24(2,3)32)11-21(30)19-13-20(15-7-9-16(10-8-15)22(26)27)28-29(23(19)31)18-6-4-5-17(25)12-18/h4-10,12-14,22,32H,11H2,1-3H3/t14-/m1/s1. The summed E-state index contributed by atoms with van der Waals surface area (Å²) in [4.78, 5) is 26.1. The van der Waals surface area contributed by atoms with E-state index in [1.165, 1.54) is 48.5 Å². The average molecular weight is 444 g/mol. The number of halogens is 3. The van der Waals surface area contributed by atoms with Crippen molar-refractivity contribution in [2.24, 2.45) is 5.92 Å². The van der Waals surface area contributed by atoms with Crippen molar-refractivity contribution in [3.8, 4) is 16.9 Å². The van der Waals surface area contributed by atoms with Gasteiger partial charge in [-0.2, -0.15) is 9.78 Å². The number of rotatable bonds is 7. The Balaban J connectivity index is 2.15. The van der Waals surface area contributed by atoms with Gasteiger partial charge >= 0.3 is 0 Å². The molecule has 0 saturated carbocycles. The number of carbonyl (C=O) groups is 1. The second kappa shape index (κ2) is 9.08. The van der Waals surface area contributed by atoms with Gasteiger partial charge < -0.3 is 5.11 Å². The van der Waals surface area contributed by atoms with Gasteiger partial charge in [0.25, 0.3) is 12.0 Å². The summed E-state index contributed by atoms with van der Waals surface area (Å²) in [5.41, 5.74) is -1.53. The van der Waals surface area contributed by atoms with Crippen LogP contribution in [0.25, 0.3) is 16.9 Å². The lowest BCUT2D eigenvalue weighted by Gasteiger charge is -2.25. The van der Waals surface area contributed by atoms with Crippen LogP contribution < -0.4 is 5.56 Å². The number of hydrogen-bond donors (Lipinski definition) is 1. The molecule has 0 aliphatic rings. The van der Waals surface area contributed by atoms with E-state index >= 15 is 0 Å². The number of benzene rings is 2. The van der Waals surface area contributed by atoms with Crippen LogP contribution in [0.2, 0.25) is 0 Å². The quantitative estimate of drug-likeness (QED) is 0.523. The van der Waals surface area contributed by atoms with Gasteiger partial charge in [-0.15, -0.1) is 0 Å². The smallest absolute Gasteiger partial charge is 0.282 e. The maximum absolute atomic E-state index is 13.8. The normalized spacial score (nSPS) is 12.8. The van der Waals surface area contributed by atoms with Crippen LogP contribution in [0.4, 0.5) is 13.2 Å². The zero-order chi connectivity index (χ0) is 23.6. The van der Waals surface area contributed by atoms with Crippen LogP contribution >= 0.6 is 0 Å². The zero-order valence-electron chi connectivity index (χ0n) is 17.8. The van der Waals surface area contributed by atoms with Crippen molar-refractivity contribution in [2.45, 2.75) is 39.2 Å². The lowest BCUT2D eigenvalue weighted by molar-refractivity contribution is 0.0213. The Labute approximate surface area is 183 Å². The molecule has 2 aromatic carbocycles.